The summed E-state index contributed by atoms with van der Waals surface area (Å²) in [4.78, 5) is 0. The molecule has 2 unspecified atom stereocenters. The number of hydrogen-bond donors (Lipinski definition) is 1. The van der Waals surface area contributed by atoms with Crippen LogP contribution in [0.5, 0.6) is 0 Å². The second-order valence-electron chi connectivity index (χ2n) is 4.86. The third-order valence-corrected chi connectivity index (χ3v) is 3.93. The van der Waals surface area contributed by atoms with Crippen molar-refractivity contribution in [1.82, 2.24) is 5.32 Å². The molecule has 2 heteroatoms. The van der Waals surface area contributed by atoms with Crippen molar-refractivity contribution in [2.24, 2.45) is 5.92 Å². The molecule has 0 spiro atoms. The van der Waals surface area contributed by atoms with Crippen LogP contribution in [0.1, 0.15) is 44.9 Å². The highest BCUT2D eigenvalue weighted by molar-refractivity contribution is 4.87. The van der Waals surface area contributed by atoms with Gasteiger partial charge in [-0.3, -0.25) is 0 Å². The molecule has 82 valence electrons. The average molecular weight is 197 g/mol. The summed E-state index contributed by atoms with van der Waals surface area (Å²) in [5.74, 6) is 0.928. The Morgan fingerprint density at radius 2 is 1.79 bits per heavy atom. The summed E-state index contributed by atoms with van der Waals surface area (Å²) >= 11 is 0. The summed E-state index contributed by atoms with van der Waals surface area (Å²) in [6.45, 7) is 1.07. The Hall–Kier alpha value is -0.0800. The van der Waals surface area contributed by atoms with Crippen molar-refractivity contribution in [2.45, 2.75) is 57.1 Å². The first kappa shape index (κ1) is 10.4. The summed E-state index contributed by atoms with van der Waals surface area (Å²) in [6, 6.07) is 0.748. The van der Waals surface area contributed by atoms with Crippen LogP contribution in [-0.2, 0) is 4.74 Å². The fourth-order valence-corrected chi connectivity index (χ4v) is 2.98. The normalized spacial score (nSPS) is 35.8. The van der Waals surface area contributed by atoms with Gasteiger partial charge < -0.3 is 10.1 Å². The van der Waals surface area contributed by atoms with Crippen molar-refractivity contribution in [3.05, 3.63) is 0 Å². The van der Waals surface area contributed by atoms with Gasteiger partial charge in [0.05, 0.1) is 6.10 Å². The van der Waals surface area contributed by atoms with E-state index in [0.29, 0.717) is 6.10 Å². The van der Waals surface area contributed by atoms with E-state index in [4.69, 9.17) is 4.74 Å². The number of nitrogens with one attached hydrogen (secondary N) is 1. The van der Waals surface area contributed by atoms with E-state index >= 15 is 0 Å². The van der Waals surface area contributed by atoms with Crippen molar-refractivity contribution < 1.29 is 4.74 Å². The first-order chi connectivity index (χ1) is 6.90. The second-order valence-corrected chi connectivity index (χ2v) is 4.86. The minimum atomic E-state index is 0.475. The third kappa shape index (κ3) is 2.48. The molecule has 2 fully saturated rings. The highest BCUT2D eigenvalue weighted by Gasteiger charge is 2.30. The van der Waals surface area contributed by atoms with Crippen LogP contribution in [0.25, 0.3) is 0 Å². The Labute approximate surface area is 87.4 Å². The van der Waals surface area contributed by atoms with Gasteiger partial charge in [0.15, 0.2) is 0 Å². The average Bonchev–Trinajstić information content (AvgIpc) is 2.53. The molecular formula is C12H23NO. The van der Waals surface area contributed by atoms with Gasteiger partial charge in [-0.1, -0.05) is 25.7 Å². The maximum absolute atomic E-state index is 5.40. The first-order valence-electron chi connectivity index (χ1n) is 6.16. The molecule has 14 heavy (non-hydrogen) atoms. The smallest absolute Gasteiger partial charge is 0.0710 e. The molecule has 1 heterocycles. The molecule has 0 amide bonds. The van der Waals surface area contributed by atoms with E-state index in [1.165, 1.54) is 44.9 Å². The molecule has 0 bridgehead atoms. The van der Waals surface area contributed by atoms with Gasteiger partial charge in [0.1, 0.15) is 0 Å². The van der Waals surface area contributed by atoms with Crippen LogP contribution in [0.3, 0.4) is 0 Å². The van der Waals surface area contributed by atoms with Gasteiger partial charge in [-0.05, 0) is 25.2 Å². The van der Waals surface area contributed by atoms with Crippen molar-refractivity contribution in [2.75, 3.05) is 13.7 Å². The van der Waals surface area contributed by atoms with Gasteiger partial charge in [0.2, 0.25) is 0 Å². The van der Waals surface area contributed by atoms with E-state index in [1.54, 1.807) is 0 Å². The lowest BCUT2D eigenvalue weighted by Gasteiger charge is -2.21. The Bertz CT molecular complexity index is 164. The summed E-state index contributed by atoms with van der Waals surface area (Å²) in [5, 5.41) is 3.63. The van der Waals surface area contributed by atoms with Crippen molar-refractivity contribution in [3.8, 4) is 0 Å². The Kier molecular flexibility index (Phi) is 3.82. The van der Waals surface area contributed by atoms with Crippen LogP contribution in [0.15, 0.2) is 0 Å². The van der Waals surface area contributed by atoms with Crippen LogP contribution in [0.4, 0.5) is 0 Å². The standard InChI is InChI=1S/C12H23NO/c1-14-11-8-12(13-9-11)10-6-4-2-3-5-7-10/h10-13H,2-9H2,1H3. The predicted molar refractivity (Wildman–Crippen MR) is 58.4 cm³/mol. The zero-order valence-electron chi connectivity index (χ0n) is 9.30. The fraction of sp³-hybridized carbons (Fsp3) is 1.00. The maximum atomic E-state index is 5.40. The summed E-state index contributed by atoms with van der Waals surface area (Å²) in [7, 11) is 1.84. The molecule has 1 N–H and O–H groups in total. The highest BCUT2D eigenvalue weighted by Crippen LogP contribution is 2.29. The van der Waals surface area contributed by atoms with E-state index < -0.39 is 0 Å². The molecule has 2 nitrogen and oxygen atoms in total. The van der Waals surface area contributed by atoms with Crippen LogP contribution < -0.4 is 5.32 Å². The minimum absolute atomic E-state index is 0.475. The van der Waals surface area contributed by atoms with E-state index in [0.717, 1.165) is 18.5 Å². The van der Waals surface area contributed by atoms with Crippen LogP contribution >= 0.6 is 0 Å². The lowest BCUT2D eigenvalue weighted by Crippen LogP contribution is -2.30. The fourth-order valence-electron chi connectivity index (χ4n) is 2.98. The monoisotopic (exact) mass is 197 g/mol. The van der Waals surface area contributed by atoms with Gasteiger partial charge in [0, 0.05) is 19.7 Å². The molecule has 0 aromatic rings. The SMILES string of the molecule is COC1CNC(C2CCCCCC2)C1. The topological polar surface area (TPSA) is 21.3 Å². The summed E-state index contributed by atoms with van der Waals surface area (Å²) in [5.41, 5.74) is 0. The molecule has 2 rings (SSSR count). The number of hydrogen-bond acceptors (Lipinski definition) is 2. The van der Waals surface area contributed by atoms with Crippen LogP contribution in [0.2, 0.25) is 0 Å². The number of ether oxygens (including phenoxy) is 1. The van der Waals surface area contributed by atoms with Crippen LogP contribution in [-0.4, -0.2) is 25.8 Å². The molecule has 1 aliphatic carbocycles. The predicted octanol–water partition coefficient (Wildman–Crippen LogP) is 2.33. The molecule has 0 radical (unpaired) electrons. The zero-order chi connectivity index (χ0) is 9.80. The first-order valence-corrected chi connectivity index (χ1v) is 6.16. The zero-order valence-corrected chi connectivity index (χ0v) is 9.30. The van der Waals surface area contributed by atoms with E-state index in [2.05, 4.69) is 5.32 Å². The number of methoxy groups -OCH3 is 1. The minimum Gasteiger partial charge on any atom is -0.380 e. The molecule has 2 aliphatic rings. The Balaban J connectivity index is 1.82. The quantitative estimate of drug-likeness (QED) is 0.686. The van der Waals surface area contributed by atoms with E-state index in [9.17, 15) is 0 Å². The van der Waals surface area contributed by atoms with Gasteiger partial charge in [0.25, 0.3) is 0 Å². The van der Waals surface area contributed by atoms with Crippen molar-refractivity contribution >= 4 is 0 Å². The molecule has 1 aliphatic heterocycles. The second kappa shape index (κ2) is 5.13. The van der Waals surface area contributed by atoms with E-state index in [1.807, 2.05) is 7.11 Å². The molecule has 0 aromatic heterocycles. The summed E-state index contributed by atoms with van der Waals surface area (Å²) < 4.78 is 5.40. The molecular weight excluding hydrogens is 174 g/mol. The highest BCUT2D eigenvalue weighted by atomic mass is 16.5. The van der Waals surface area contributed by atoms with Crippen LogP contribution in [0, 0.1) is 5.92 Å². The Morgan fingerprint density at radius 1 is 1.07 bits per heavy atom. The lowest BCUT2D eigenvalue weighted by atomic mass is 9.91. The Morgan fingerprint density at radius 3 is 2.36 bits per heavy atom. The maximum Gasteiger partial charge on any atom is 0.0710 e. The molecule has 2 atom stereocenters. The van der Waals surface area contributed by atoms with Gasteiger partial charge >= 0.3 is 0 Å². The van der Waals surface area contributed by atoms with Gasteiger partial charge in [-0.2, -0.15) is 0 Å². The van der Waals surface area contributed by atoms with Gasteiger partial charge in [-0.25, -0.2) is 0 Å². The van der Waals surface area contributed by atoms with Crippen molar-refractivity contribution in [3.63, 3.8) is 0 Å². The van der Waals surface area contributed by atoms with Gasteiger partial charge in [-0.15, -0.1) is 0 Å². The molecule has 1 saturated heterocycles. The summed E-state index contributed by atoms with van der Waals surface area (Å²) in [6.07, 6.45) is 10.4. The lowest BCUT2D eigenvalue weighted by molar-refractivity contribution is 0.115. The largest absolute Gasteiger partial charge is 0.380 e. The number of rotatable bonds is 2. The molecule has 0 aromatic carbocycles. The van der Waals surface area contributed by atoms with Crippen molar-refractivity contribution in [1.29, 1.82) is 0 Å². The van der Waals surface area contributed by atoms with E-state index in [-0.39, 0.29) is 0 Å². The molecule has 1 saturated carbocycles. The third-order valence-electron chi connectivity index (χ3n) is 3.93.